The minimum absolute atomic E-state index is 0.319. The maximum Gasteiger partial charge on any atom is 0.409 e. The largest absolute Gasteiger partial charge is 0.453 e. The second kappa shape index (κ2) is 17.6. The normalized spacial score (nSPS) is 10.6. The Bertz CT molecular complexity index is 1070. The second-order valence-electron chi connectivity index (χ2n) is 9.24. The summed E-state index contributed by atoms with van der Waals surface area (Å²) in [7, 11) is 1.43. The molecule has 0 radical (unpaired) electrons. The number of rotatable bonds is 13. The van der Waals surface area contributed by atoms with E-state index in [1.54, 1.807) is 4.90 Å². The van der Waals surface area contributed by atoms with Crippen LogP contribution in [0.2, 0.25) is 5.02 Å². The number of halogens is 1. The predicted molar refractivity (Wildman–Crippen MR) is 162 cm³/mol. The molecule has 5 heteroatoms. The molecule has 0 aliphatic heterocycles. The molecule has 0 spiro atoms. The Balaban J connectivity index is 0.00000247. The number of ether oxygens (including phenoxy) is 1. The van der Waals surface area contributed by atoms with Crippen molar-refractivity contribution in [1.82, 2.24) is 9.80 Å². The molecule has 0 saturated heterocycles. The third kappa shape index (κ3) is 10.5. The average molecular weight is 537 g/mol. The van der Waals surface area contributed by atoms with Gasteiger partial charge in [-0.25, -0.2) is 4.79 Å². The highest BCUT2D eigenvalue weighted by atomic mass is 35.5. The lowest BCUT2D eigenvalue weighted by molar-refractivity contribution is 0.121. The van der Waals surface area contributed by atoms with E-state index >= 15 is 0 Å². The van der Waals surface area contributed by atoms with Crippen LogP contribution in [0, 0.1) is 0 Å². The van der Waals surface area contributed by atoms with Crippen molar-refractivity contribution in [3.05, 3.63) is 94.5 Å². The van der Waals surface area contributed by atoms with Gasteiger partial charge in [-0.15, -0.1) is 0 Å². The summed E-state index contributed by atoms with van der Waals surface area (Å²) in [4.78, 5) is 16.6. The Kier molecular flexibility index (Phi) is 14.6. The number of amides is 1. The van der Waals surface area contributed by atoms with Crippen LogP contribution in [0.3, 0.4) is 0 Å². The van der Waals surface area contributed by atoms with Crippen molar-refractivity contribution in [3.8, 4) is 11.1 Å². The Morgan fingerprint density at radius 1 is 0.789 bits per heavy atom. The number of carbonyl (C=O) groups excluding carboxylic acids is 1. The SMILES string of the molecule is CC.CCCCCN(CC)Cc1cccc(-c2ccc(CN(CCc3ccc(Cl)cc3)C(=O)OC)cc2)c1. The average Bonchev–Trinajstić information content (AvgIpc) is 2.96. The van der Waals surface area contributed by atoms with Gasteiger partial charge in [0.2, 0.25) is 0 Å². The summed E-state index contributed by atoms with van der Waals surface area (Å²) in [6, 6.07) is 25.0. The first kappa shape index (κ1) is 31.4. The van der Waals surface area contributed by atoms with Gasteiger partial charge in [-0.2, -0.15) is 0 Å². The van der Waals surface area contributed by atoms with Gasteiger partial charge in [0.25, 0.3) is 0 Å². The van der Waals surface area contributed by atoms with E-state index in [0.717, 1.165) is 37.2 Å². The Labute approximate surface area is 235 Å². The number of benzene rings is 3. The van der Waals surface area contributed by atoms with Gasteiger partial charge in [0.05, 0.1) is 7.11 Å². The third-order valence-corrected chi connectivity index (χ3v) is 6.79. The molecule has 4 nitrogen and oxygen atoms in total. The monoisotopic (exact) mass is 536 g/mol. The van der Waals surface area contributed by atoms with E-state index in [4.69, 9.17) is 16.3 Å². The zero-order valence-corrected chi connectivity index (χ0v) is 24.6. The molecule has 3 aromatic carbocycles. The molecule has 0 saturated carbocycles. The standard InChI is InChI=1S/C31H39ClN2O2.C2H6/c1-4-6-7-20-33(5-2)23-27-9-8-10-29(22-27)28-15-11-26(12-16-28)24-34(31(35)36-3)21-19-25-13-17-30(32)18-14-25;1-2/h8-18,22H,4-7,19-21,23-24H2,1-3H3;1-2H3. The van der Waals surface area contributed by atoms with E-state index in [2.05, 4.69) is 67.3 Å². The van der Waals surface area contributed by atoms with Gasteiger partial charge in [-0.05, 0) is 71.9 Å². The minimum Gasteiger partial charge on any atom is -0.453 e. The molecule has 0 aliphatic rings. The highest BCUT2D eigenvalue weighted by Gasteiger charge is 2.14. The van der Waals surface area contributed by atoms with Gasteiger partial charge in [-0.3, -0.25) is 4.90 Å². The fourth-order valence-electron chi connectivity index (χ4n) is 4.34. The van der Waals surface area contributed by atoms with E-state index in [-0.39, 0.29) is 6.09 Å². The summed E-state index contributed by atoms with van der Waals surface area (Å²) < 4.78 is 5.03. The molecule has 3 rings (SSSR count). The minimum atomic E-state index is -0.319. The Morgan fingerprint density at radius 3 is 2.11 bits per heavy atom. The van der Waals surface area contributed by atoms with Gasteiger partial charge in [0.1, 0.15) is 0 Å². The molecule has 3 aromatic rings. The fourth-order valence-corrected chi connectivity index (χ4v) is 4.47. The molecule has 38 heavy (non-hydrogen) atoms. The topological polar surface area (TPSA) is 32.8 Å². The van der Waals surface area contributed by atoms with Gasteiger partial charge in [0.15, 0.2) is 0 Å². The van der Waals surface area contributed by atoms with Crippen LogP contribution in [0.15, 0.2) is 72.8 Å². The maximum absolute atomic E-state index is 12.4. The number of hydrogen-bond donors (Lipinski definition) is 0. The lowest BCUT2D eigenvalue weighted by Crippen LogP contribution is -2.32. The molecule has 0 aliphatic carbocycles. The van der Waals surface area contributed by atoms with Gasteiger partial charge >= 0.3 is 6.09 Å². The van der Waals surface area contributed by atoms with Crippen molar-refractivity contribution < 1.29 is 9.53 Å². The Morgan fingerprint density at radius 2 is 1.47 bits per heavy atom. The molecule has 0 bridgehead atoms. The molecule has 0 fully saturated rings. The van der Waals surface area contributed by atoms with E-state index < -0.39 is 0 Å². The summed E-state index contributed by atoms with van der Waals surface area (Å²) >= 11 is 5.99. The first-order valence-electron chi connectivity index (χ1n) is 14.0. The van der Waals surface area contributed by atoms with Crippen LogP contribution >= 0.6 is 11.6 Å². The van der Waals surface area contributed by atoms with Gasteiger partial charge < -0.3 is 9.64 Å². The van der Waals surface area contributed by atoms with Gasteiger partial charge in [-0.1, -0.05) is 107 Å². The van der Waals surface area contributed by atoms with Crippen LogP contribution in [0.5, 0.6) is 0 Å². The van der Waals surface area contributed by atoms with Crippen LogP contribution in [-0.4, -0.2) is 42.6 Å². The summed E-state index contributed by atoms with van der Waals surface area (Å²) in [5.74, 6) is 0. The van der Waals surface area contributed by atoms with Crippen molar-refractivity contribution in [2.24, 2.45) is 0 Å². The van der Waals surface area contributed by atoms with E-state index in [1.165, 1.54) is 43.1 Å². The zero-order chi connectivity index (χ0) is 27.8. The lowest BCUT2D eigenvalue weighted by atomic mass is 10.0. The van der Waals surface area contributed by atoms with Gasteiger partial charge in [0, 0.05) is 24.7 Å². The number of hydrogen-bond acceptors (Lipinski definition) is 3. The van der Waals surface area contributed by atoms with Crippen molar-refractivity contribution in [2.75, 3.05) is 26.7 Å². The molecule has 0 atom stereocenters. The number of unbranched alkanes of at least 4 members (excludes halogenated alkanes) is 2. The van der Waals surface area contributed by atoms with Crippen LogP contribution in [-0.2, 0) is 24.2 Å². The van der Waals surface area contributed by atoms with Crippen LogP contribution < -0.4 is 0 Å². The molecule has 206 valence electrons. The van der Waals surface area contributed by atoms with E-state index in [1.807, 2.05) is 38.1 Å². The highest BCUT2D eigenvalue weighted by Crippen LogP contribution is 2.23. The van der Waals surface area contributed by atoms with E-state index in [0.29, 0.717) is 18.1 Å². The Hall–Kier alpha value is -2.82. The van der Waals surface area contributed by atoms with Crippen LogP contribution in [0.25, 0.3) is 11.1 Å². The second-order valence-corrected chi connectivity index (χ2v) is 9.68. The molecule has 0 unspecified atom stereocenters. The molecular formula is C33H45ClN2O2. The number of nitrogens with zero attached hydrogens (tertiary/aromatic N) is 2. The van der Waals surface area contributed by atoms with E-state index in [9.17, 15) is 4.79 Å². The molecule has 0 heterocycles. The van der Waals surface area contributed by atoms with Crippen LogP contribution in [0.1, 0.15) is 63.6 Å². The van der Waals surface area contributed by atoms with Crippen molar-refractivity contribution in [1.29, 1.82) is 0 Å². The number of methoxy groups -OCH3 is 1. The van der Waals surface area contributed by atoms with Crippen molar-refractivity contribution in [3.63, 3.8) is 0 Å². The zero-order valence-electron chi connectivity index (χ0n) is 23.9. The van der Waals surface area contributed by atoms with Crippen molar-refractivity contribution >= 4 is 17.7 Å². The highest BCUT2D eigenvalue weighted by molar-refractivity contribution is 6.30. The van der Waals surface area contributed by atoms with Crippen LogP contribution in [0.4, 0.5) is 4.79 Å². The summed E-state index contributed by atoms with van der Waals surface area (Å²) in [6.45, 7) is 12.8. The summed E-state index contributed by atoms with van der Waals surface area (Å²) in [6.07, 6.45) is 4.22. The van der Waals surface area contributed by atoms with Crippen molar-refractivity contribution in [2.45, 2.75) is 66.5 Å². The first-order chi connectivity index (χ1) is 18.5. The number of carbonyl (C=O) groups is 1. The molecule has 0 aromatic heterocycles. The molecular weight excluding hydrogens is 492 g/mol. The summed E-state index contributed by atoms with van der Waals surface area (Å²) in [5.41, 5.74) is 5.95. The molecule has 0 N–H and O–H groups in total. The quantitative estimate of drug-likeness (QED) is 0.204. The lowest BCUT2D eigenvalue weighted by Gasteiger charge is -2.22. The maximum atomic E-state index is 12.4. The predicted octanol–water partition coefficient (Wildman–Crippen LogP) is 8.86. The third-order valence-electron chi connectivity index (χ3n) is 6.54. The molecule has 1 amide bonds. The first-order valence-corrected chi connectivity index (χ1v) is 14.4. The smallest absolute Gasteiger partial charge is 0.409 e. The summed E-state index contributed by atoms with van der Waals surface area (Å²) in [5, 5.41) is 0.712. The fraction of sp³-hybridized carbons (Fsp3) is 0.424.